The SMILES string of the molecule is CC(C)(SS)c1ccc2c(c1)CC(=O)N2. The molecule has 2 rings (SSSR count). The van der Waals surface area contributed by atoms with Crippen molar-refractivity contribution in [2.45, 2.75) is 25.0 Å². The number of nitrogens with one attached hydrogen (secondary N) is 1. The molecule has 1 amide bonds. The second-order valence-corrected chi connectivity index (χ2v) is 5.95. The lowest BCUT2D eigenvalue weighted by Crippen LogP contribution is -2.09. The van der Waals surface area contributed by atoms with Crippen LogP contribution in [-0.4, -0.2) is 5.91 Å². The monoisotopic (exact) mass is 239 g/mol. The summed E-state index contributed by atoms with van der Waals surface area (Å²) in [5.74, 6) is 0.0819. The molecular formula is C11H13NOS2. The number of carbonyl (C=O) groups excluding carboxylic acids is 1. The molecule has 2 nitrogen and oxygen atoms in total. The van der Waals surface area contributed by atoms with Crippen molar-refractivity contribution in [1.82, 2.24) is 0 Å². The maximum atomic E-state index is 11.2. The van der Waals surface area contributed by atoms with Crippen LogP contribution in [0.25, 0.3) is 0 Å². The van der Waals surface area contributed by atoms with Crippen LogP contribution in [0.1, 0.15) is 25.0 Å². The molecule has 1 N–H and O–H groups in total. The van der Waals surface area contributed by atoms with Crippen LogP contribution in [0, 0.1) is 0 Å². The zero-order valence-corrected chi connectivity index (χ0v) is 10.4. The van der Waals surface area contributed by atoms with Gasteiger partial charge in [0.2, 0.25) is 5.91 Å². The van der Waals surface area contributed by atoms with Crippen molar-refractivity contribution in [3.8, 4) is 0 Å². The van der Waals surface area contributed by atoms with E-state index in [9.17, 15) is 4.79 Å². The van der Waals surface area contributed by atoms with E-state index in [0.29, 0.717) is 6.42 Å². The molecule has 1 heterocycles. The Bertz CT molecular complexity index is 415. The minimum atomic E-state index is -0.0240. The van der Waals surface area contributed by atoms with Crippen molar-refractivity contribution in [2.75, 3.05) is 5.32 Å². The van der Waals surface area contributed by atoms with E-state index < -0.39 is 0 Å². The number of hydrogen-bond acceptors (Lipinski definition) is 3. The van der Waals surface area contributed by atoms with Crippen LogP contribution in [0.2, 0.25) is 0 Å². The Hall–Kier alpha value is -0.610. The highest BCUT2D eigenvalue weighted by molar-refractivity contribution is 8.68. The smallest absolute Gasteiger partial charge is 0.228 e. The summed E-state index contributed by atoms with van der Waals surface area (Å²) in [5, 5.41) is 2.83. The second-order valence-electron chi connectivity index (χ2n) is 4.20. The van der Waals surface area contributed by atoms with Gasteiger partial charge in [-0.05, 0) is 31.0 Å². The number of rotatable bonds is 2. The van der Waals surface area contributed by atoms with Crippen molar-refractivity contribution >= 4 is 34.0 Å². The average Bonchev–Trinajstić information content (AvgIpc) is 2.56. The van der Waals surface area contributed by atoms with Gasteiger partial charge in [-0.3, -0.25) is 4.79 Å². The predicted octanol–water partition coefficient (Wildman–Crippen LogP) is 2.99. The summed E-state index contributed by atoms with van der Waals surface area (Å²) in [6, 6.07) is 6.12. The van der Waals surface area contributed by atoms with Crippen molar-refractivity contribution < 1.29 is 4.79 Å². The summed E-state index contributed by atoms with van der Waals surface area (Å²) >= 11 is 4.27. The summed E-state index contributed by atoms with van der Waals surface area (Å²) in [6.45, 7) is 4.24. The van der Waals surface area contributed by atoms with Gasteiger partial charge in [-0.15, -0.1) is 11.7 Å². The minimum Gasteiger partial charge on any atom is -0.326 e. The molecular weight excluding hydrogens is 226 g/mol. The normalized spacial score (nSPS) is 15.0. The molecule has 1 aliphatic heterocycles. The zero-order chi connectivity index (χ0) is 11.1. The lowest BCUT2D eigenvalue weighted by molar-refractivity contribution is -0.115. The fraction of sp³-hybridized carbons (Fsp3) is 0.364. The lowest BCUT2D eigenvalue weighted by atomic mass is 9.99. The van der Waals surface area contributed by atoms with Crippen LogP contribution < -0.4 is 5.32 Å². The highest BCUT2D eigenvalue weighted by Gasteiger charge is 2.24. The third-order valence-electron chi connectivity index (χ3n) is 2.65. The van der Waals surface area contributed by atoms with Crippen molar-refractivity contribution in [3.63, 3.8) is 0 Å². The molecule has 0 unspecified atom stereocenters. The number of carbonyl (C=O) groups is 1. The first-order valence-corrected chi connectivity index (χ1v) is 6.65. The van der Waals surface area contributed by atoms with Crippen molar-refractivity contribution in [3.05, 3.63) is 29.3 Å². The van der Waals surface area contributed by atoms with E-state index in [1.165, 1.54) is 16.4 Å². The minimum absolute atomic E-state index is 0.0240. The third-order valence-corrected chi connectivity index (χ3v) is 4.72. The van der Waals surface area contributed by atoms with Gasteiger partial charge in [0.05, 0.1) is 6.42 Å². The van der Waals surface area contributed by atoms with Gasteiger partial charge in [-0.25, -0.2) is 0 Å². The molecule has 1 aromatic carbocycles. The van der Waals surface area contributed by atoms with Crippen LogP contribution >= 0.6 is 22.5 Å². The van der Waals surface area contributed by atoms with E-state index in [0.717, 1.165) is 11.3 Å². The summed E-state index contributed by atoms with van der Waals surface area (Å²) in [5.41, 5.74) is 3.24. The van der Waals surface area contributed by atoms with Gasteiger partial charge in [0.25, 0.3) is 0 Å². The average molecular weight is 239 g/mol. The van der Waals surface area contributed by atoms with Crippen molar-refractivity contribution in [1.29, 1.82) is 0 Å². The third kappa shape index (κ3) is 2.01. The van der Waals surface area contributed by atoms with E-state index in [1.807, 2.05) is 12.1 Å². The van der Waals surface area contributed by atoms with Crippen LogP contribution in [0.4, 0.5) is 5.69 Å². The molecule has 0 aliphatic carbocycles. The molecule has 0 bridgehead atoms. The summed E-state index contributed by atoms with van der Waals surface area (Å²) < 4.78 is -0.0240. The van der Waals surface area contributed by atoms with E-state index in [4.69, 9.17) is 0 Å². The first kappa shape index (κ1) is 10.9. The molecule has 0 aromatic heterocycles. The Labute approximate surface area is 98.6 Å². The molecule has 80 valence electrons. The fourth-order valence-electron chi connectivity index (χ4n) is 1.66. The molecule has 0 spiro atoms. The number of amides is 1. The standard InChI is InChI=1S/C11H13NOS2/c1-11(2,15-14)8-3-4-9-7(5-8)6-10(13)12-9/h3-5,14H,6H2,1-2H3,(H,12,13). The van der Waals surface area contributed by atoms with E-state index in [1.54, 1.807) is 0 Å². The maximum absolute atomic E-state index is 11.2. The Balaban J connectivity index is 2.39. The Morgan fingerprint density at radius 3 is 2.87 bits per heavy atom. The van der Waals surface area contributed by atoms with E-state index in [-0.39, 0.29) is 10.7 Å². The first-order chi connectivity index (χ1) is 7.03. The molecule has 0 fully saturated rings. The van der Waals surface area contributed by atoms with Crippen LogP contribution in [-0.2, 0) is 16.0 Å². The van der Waals surface area contributed by atoms with Gasteiger partial charge >= 0.3 is 0 Å². The summed E-state index contributed by atoms with van der Waals surface area (Å²) in [7, 11) is 1.52. The van der Waals surface area contributed by atoms with Gasteiger partial charge in [-0.2, -0.15) is 0 Å². The Morgan fingerprint density at radius 2 is 2.20 bits per heavy atom. The number of benzene rings is 1. The molecule has 0 saturated carbocycles. The Kier molecular flexibility index (Phi) is 2.73. The second kappa shape index (κ2) is 3.76. The van der Waals surface area contributed by atoms with Gasteiger partial charge in [0.1, 0.15) is 0 Å². The maximum Gasteiger partial charge on any atom is 0.228 e. The number of hydrogen-bond donors (Lipinski definition) is 2. The molecule has 15 heavy (non-hydrogen) atoms. The summed E-state index contributed by atoms with van der Waals surface area (Å²) in [6.07, 6.45) is 0.497. The van der Waals surface area contributed by atoms with Crippen LogP contribution in [0.15, 0.2) is 18.2 Å². The van der Waals surface area contributed by atoms with E-state index >= 15 is 0 Å². The highest BCUT2D eigenvalue weighted by Crippen LogP contribution is 2.39. The molecule has 1 aromatic rings. The highest BCUT2D eigenvalue weighted by atomic mass is 33.1. The van der Waals surface area contributed by atoms with Gasteiger partial charge < -0.3 is 5.32 Å². The zero-order valence-electron chi connectivity index (χ0n) is 8.70. The lowest BCUT2D eigenvalue weighted by Gasteiger charge is -2.22. The quantitative estimate of drug-likeness (QED) is 0.613. The number of thiol groups is 1. The van der Waals surface area contributed by atoms with Crippen LogP contribution in [0.5, 0.6) is 0 Å². The fourth-order valence-corrected chi connectivity index (χ4v) is 2.21. The van der Waals surface area contributed by atoms with Gasteiger partial charge in [0, 0.05) is 10.4 Å². The van der Waals surface area contributed by atoms with E-state index in [2.05, 4.69) is 36.9 Å². The molecule has 0 atom stereocenters. The van der Waals surface area contributed by atoms with Gasteiger partial charge in [0.15, 0.2) is 0 Å². The molecule has 0 radical (unpaired) electrons. The van der Waals surface area contributed by atoms with Crippen LogP contribution in [0.3, 0.4) is 0 Å². The molecule has 0 saturated heterocycles. The number of fused-ring (bicyclic) bond motifs is 1. The molecule has 4 heteroatoms. The molecule has 1 aliphatic rings. The predicted molar refractivity (Wildman–Crippen MR) is 68.4 cm³/mol. The number of anilines is 1. The first-order valence-electron chi connectivity index (χ1n) is 4.79. The largest absolute Gasteiger partial charge is 0.326 e. The van der Waals surface area contributed by atoms with Gasteiger partial charge in [-0.1, -0.05) is 22.9 Å². The topological polar surface area (TPSA) is 29.1 Å². The van der Waals surface area contributed by atoms with Crippen molar-refractivity contribution in [2.24, 2.45) is 0 Å². The Morgan fingerprint density at radius 1 is 1.47 bits per heavy atom. The summed E-state index contributed by atoms with van der Waals surface area (Å²) in [4.78, 5) is 11.2.